The lowest BCUT2D eigenvalue weighted by molar-refractivity contribution is -0.671. The molecule has 0 saturated carbocycles. The van der Waals surface area contributed by atoms with E-state index in [1.54, 1.807) is 36.4 Å². The van der Waals surface area contributed by atoms with E-state index in [0.29, 0.717) is 17.1 Å². The van der Waals surface area contributed by atoms with Gasteiger partial charge in [-0.3, -0.25) is 0 Å². The molecule has 0 aliphatic rings. The van der Waals surface area contributed by atoms with Crippen molar-refractivity contribution < 1.29 is 14.1 Å². The van der Waals surface area contributed by atoms with Crippen LogP contribution in [0.3, 0.4) is 0 Å². The Morgan fingerprint density at radius 2 is 1.86 bits per heavy atom. The van der Waals surface area contributed by atoms with E-state index in [2.05, 4.69) is 20.6 Å². The number of carbonyl (C=O) groups excluding carboxylic acids is 1. The number of pyridine rings is 1. The number of H-pyrrole nitrogens is 1. The fourth-order valence-corrected chi connectivity index (χ4v) is 1.76. The molecular weight excluding hydrogens is 270 g/mol. The fourth-order valence-electron chi connectivity index (χ4n) is 1.76. The van der Waals surface area contributed by atoms with E-state index >= 15 is 0 Å². The Kier molecular flexibility index (Phi) is 3.38. The Morgan fingerprint density at radius 1 is 1.14 bits per heavy atom. The summed E-state index contributed by atoms with van der Waals surface area (Å²) in [6.45, 7) is 0. The molecule has 2 heterocycles. The van der Waals surface area contributed by atoms with Crippen molar-refractivity contribution in [2.75, 3.05) is 0 Å². The lowest BCUT2D eigenvalue weighted by atomic mass is 10.1. The quantitative estimate of drug-likeness (QED) is 0.570. The number of hydrogen-bond donors (Lipinski definition) is 1. The lowest BCUT2D eigenvalue weighted by Crippen LogP contribution is -2.25. The molecule has 0 amide bonds. The van der Waals surface area contributed by atoms with E-state index in [1.165, 1.54) is 0 Å². The minimum absolute atomic E-state index is 0.413. The van der Waals surface area contributed by atoms with Gasteiger partial charge >= 0.3 is 5.97 Å². The van der Waals surface area contributed by atoms with Gasteiger partial charge in [-0.25, -0.2) is 9.36 Å². The number of esters is 1. The molecule has 104 valence electrons. The zero-order chi connectivity index (χ0) is 14.7. The Hall–Kier alpha value is -3.09. The summed E-state index contributed by atoms with van der Waals surface area (Å²) in [6, 6.07) is 10.3. The highest BCUT2D eigenvalue weighted by Gasteiger charge is 2.10. The van der Waals surface area contributed by atoms with Crippen LogP contribution in [-0.2, 0) is 7.05 Å². The highest BCUT2D eigenvalue weighted by atomic mass is 16.5. The summed E-state index contributed by atoms with van der Waals surface area (Å²) in [5, 5.41) is 13.6. The third-order valence-corrected chi connectivity index (χ3v) is 2.88. The molecule has 21 heavy (non-hydrogen) atoms. The molecule has 0 aliphatic heterocycles. The third kappa shape index (κ3) is 2.92. The number of aryl methyl sites for hydroxylation is 1. The third-order valence-electron chi connectivity index (χ3n) is 2.88. The molecule has 7 nitrogen and oxygen atoms in total. The van der Waals surface area contributed by atoms with Crippen molar-refractivity contribution >= 4 is 5.97 Å². The second-order valence-corrected chi connectivity index (χ2v) is 4.40. The number of carbonyl (C=O) groups is 1. The monoisotopic (exact) mass is 282 g/mol. The van der Waals surface area contributed by atoms with Crippen LogP contribution in [0.15, 0.2) is 48.8 Å². The van der Waals surface area contributed by atoms with Crippen molar-refractivity contribution in [2.45, 2.75) is 0 Å². The van der Waals surface area contributed by atoms with Crippen molar-refractivity contribution in [1.29, 1.82) is 0 Å². The van der Waals surface area contributed by atoms with Gasteiger partial charge in [0, 0.05) is 17.7 Å². The predicted molar refractivity (Wildman–Crippen MR) is 72.2 cm³/mol. The Bertz CT molecular complexity index is 736. The van der Waals surface area contributed by atoms with Crippen molar-refractivity contribution in [3.63, 3.8) is 0 Å². The van der Waals surface area contributed by atoms with Crippen LogP contribution >= 0.6 is 0 Å². The summed E-state index contributed by atoms with van der Waals surface area (Å²) in [6.07, 6.45) is 3.61. The Balaban J connectivity index is 1.74. The normalized spacial score (nSPS) is 10.3. The van der Waals surface area contributed by atoms with Gasteiger partial charge in [-0.05, 0) is 17.3 Å². The van der Waals surface area contributed by atoms with E-state index in [0.717, 1.165) is 5.56 Å². The molecule has 0 unspecified atom stereocenters. The molecule has 0 bridgehead atoms. The number of hydrogen-bond acceptors (Lipinski definition) is 5. The van der Waals surface area contributed by atoms with Crippen molar-refractivity contribution in [3.8, 4) is 17.1 Å². The van der Waals surface area contributed by atoms with E-state index in [9.17, 15) is 4.79 Å². The van der Waals surface area contributed by atoms with Crippen LogP contribution < -0.4 is 9.30 Å². The highest BCUT2D eigenvalue weighted by Crippen LogP contribution is 2.15. The maximum absolute atomic E-state index is 12.0. The topological polar surface area (TPSA) is 84.6 Å². The number of nitrogens with zero attached hydrogens (tertiary/aromatic N) is 4. The van der Waals surface area contributed by atoms with E-state index in [-0.39, 0.29) is 0 Å². The smallest absolute Gasteiger partial charge is 0.343 e. The Morgan fingerprint density at radius 3 is 2.48 bits per heavy atom. The molecule has 0 saturated heterocycles. The number of benzene rings is 1. The second kappa shape index (κ2) is 5.49. The van der Waals surface area contributed by atoms with Crippen LogP contribution in [0.1, 0.15) is 10.4 Å². The summed E-state index contributed by atoms with van der Waals surface area (Å²) in [7, 11) is 1.89. The van der Waals surface area contributed by atoms with Crippen LogP contribution in [0.5, 0.6) is 5.75 Å². The van der Waals surface area contributed by atoms with E-state index in [1.807, 2.05) is 24.0 Å². The van der Waals surface area contributed by atoms with Crippen molar-refractivity contribution in [2.24, 2.45) is 7.05 Å². The first kappa shape index (κ1) is 12.9. The molecule has 2 aromatic heterocycles. The van der Waals surface area contributed by atoms with Gasteiger partial charge in [0.25, 0.3) is 0 Å². The largest absolute Gasteiger partial charge is 0.422 e. The first-order valence-corrected chi connectivity index (χ1v) is 6.24. The van der Waals surface area contributed by atoms with Gasteiger partial charge in [0.2, 0.25) is 5.82 Å². The highest BCUT2D eigenvalue weighted by molar-refractivity contribution is 5.91. The molecule has 0 atom stereocenters. The zero-order valence-corrected chi connectivity index (χ0v) is 11.2. The molecule has 7 heteroatoms. The molecule has 0 spiro atoms. The van der Waals surface area contributed by atoms with E-state index < -0.39 is 5.97 Å². The number of tetrazole rings is 1. The number of rotatable bonds is 3. The minimum Gasteiger partial charge on any atom is -0.422 e. The van der Waals surface area contributed by atoms with Crippen LogP contribution in [0.2, 0.25) is 0 Å². The zero-order valence-electron chi connectivity index (χ0n) is 11.2. The molecule has 0 radical (unpaired) electrons. The van der Waals surface area contributed by atoms with Crippen LogP contribution in [0.4, 0.5) is 0 Å². The molecule has 0 aliphatic carbocycles. The van der Waals surface area contributed by atoms with Gasteiger partial charge in [0.1, 0.15) is 12.8 Å². The number of aromatic nitrogens is 5. The lowest BCUT2D eigenvalue weighted by Gasteiger charge is -2.03. The molecule has 1 aromatic carbocycles. The summed E-state index contributed by atoms with van der Waals surface area (Å²) in [5.41, 5.74) is 1.22. The van der Waals surface area contributed by atoms with Crippen LogP contribution in [0.25, 0.3) is 11.4 Å². The SMILES string of the molecule is C[n+]1ccc(OC(=O)c2ccc(-c3nn[nH]n3)cc2)cc1. The molecule has 3 rings (SSSR count). The fraction of sp³-hybridized carbons (Fsp3) is 0.0714. The van der Waals surface area contributed by atoms with Gasteiger partial charge in [0.15, 0.2) is 12.4 Å². The summed E-state index contributed by atoms with van der Waals surface area (Å²) in [4.78, 5) is 12.0. The maximum atomic E-state index is 12.0. The molecule has 1 N–H and O–H groups in total. The predicted octanol–water partition coefficient (Wildman–Crippen LogP) is 0.910. The minimum atomic E-state index is -0.413. The summed E-state index contributed by atoms with van der Waals surface area (Å²) >= 11 is 0. The molecular formula is C14H12N5O2+. The van der Waals surface area contributed by atoms with Crippen molar-refractivity contribution in [1.82, 2.24) is 20.6 Å². The first-order valence-electron chi connectivity index (χ1n) is 6.24. The molecule has 3 aromatic rings. The van der Waals surface area contributed by atoms with Gasteiger partial charge in [-0.2, -0.15) is 5.21 Å². The summed E-state index contributed by atoms with van der Waals surface area (Å²) in [5.74, 6) is 0.564. The second-order valence-electron chi connectivity index (χ2n) is 4.40. The Labute approximate surface area is 120 Å². The number of aromatic amines is 1. The van der Waals surface area contributed by atoms with Crippen LogP contribution in [0, 0.1) is 0 Å². The van der Waals surface area contributed by atoms with Crippen LogP contribution in [-0.4, -0.2) is 26.6 Å². The summed E-state index contributed by atoms with van der Waals surface area (Å²) < 4.78 is 7.14. The average Bonchev–Trinajstić information content (AvgIpc) is 3.04. The number of nitrogens with one attached hydrogen (secondary N) is 1. The number of ether oxygens (including phenoxy) is 1. The first-order chi connectivity index (χ1) is 10.2. The van der Waals surface area contributed by atoms with Gasteiger partial charge in [-0.15, -0.1) is 10.2 Å². The standard InChI is InChI=1S/C14H11N5O2/c1-19-8-6-12(7-9-19)21-14(20)11-4-2-10(3-5-11)13-15-17-18-16-13/h2-9H,1H3/p+1. The van der Waals surface area contributed by atoms with Gasteiger partial charge in [0.05, 0.1) is 5.56 Å². The van der Waals surface area contributed by atoms with Gasteiger partial charge in [-0.1, -0.05) is 12.1 Å². The molecule has 0 fully saturated rings. The average molecular weight is 282 g/mol. The van der Waals surface area contributed by atoms with Crippen molar-refractivity contribution in [3.05, 3.63) is 54.4 Å². The van der Waals surface area contributed by atoms with Gasteiger partial charge < -0.3 is 4.74 Å². The maximum Gasteiger partial charge on any atom is 0.343 e. The van der Waals surface area contributed by atoms with E-state index in [4.69, 9.17) is 4.74 Å².